The molecular weight excluding hydrogens is 272 g/mol. The van der Waals surface area contributed by atoms with Gasteiger partial charge in [-0.25, -0.2) is 4.98 Å². The van der Waals surface area contributed by atoms with Crippen molar-refractivity contribution >= 4 is 6.34 Å². The van der Waals surface area contributed by atoms with Crippen LogP contribution < -0.4 is 5.32 Å². The van der Waals surface area contributed by atoms with Crippen molar-refractivity contribution in [3.63, 3.8) is 0 Å². The fourth-order valence-corrected chi connectivity index (χ4v) is 3.42. The van der Waals surface area contributed by atoms with Gasteiger partial charge >= 0.3 is 0 Å². The maximum absolute atomic E-state index is 4.71. The fourth-order valence-electron chi connectivity index (χ4n) is 3.42. The van der Waals surface area contributed by atoms with Crippen LogP contribution in [0.1, 0.15) is 70.9 Å². The Labute approximate surface area is 135 Å². The summed E-state index contributed by atoms with van der Waals surface area (Å²) in [4.78, 5) is 9.05. The Balaban J connectivity index is 1.99. The lowest BCUT2D eigenvalue weighted by molar-refractivity contribution is 0.337. The second kappa shape index (κ2) is 8.96. The summed E-state index contributed by atoms with van der Waals surface area (Å²) in [6.07, 6.45) is 13.5. The van der Waals surface area contributed by atoms with E-state index in [1.54, 1.807) is 0 Å². The molecule has 1 aliphatic rings. The molecule has 0 aromatic carbocycles. The van der Waals surface area contributed by atoms with Gasteiger partial charge in [-0.05, 0) is 25.2 Å². The molecule has 4 heteroatoms. The van der Waals surface area contributed by atoms with E-state index >= 15 is 0 Å². The zero-order chi connectivity index (χ0) is 15.8. The Hall–Kier alpha value is -1.32. The summed E-state index contributed by atoms with van der Waals surface area (Å²) < 4.78 is 2.26. The smallest absolute Gasteiger partial charge is 0.0949 e. The molecule has 0 saturated heterocycles. The van der Waals surface area contributed by atoms with Gasteiger partial charge in [0.2, 0.25) is 0 Å². The first-order valence-corrected chi connectivity index (χ1v) is 9.04. The van der Waals surface area contributed by atoms with Gasteiger partial charge in [-0.1, -0.05) is 40.0 Å². The van der Waals surface area contributed by atoms with Crippen LogP contribution in [-0.4, -0.2) is 28.5 Å². The van der Waals surface area contributed by atoms with Crippen LogP contribution in [-0.2, 0) is 6.54 Å². The van der Waals surface area contributed by atoms with Crippen molar-refractivity contribution < 1.29 is 0 Å². The Morgan fingerprint density at radius 3 is 2.82 bits per heavy atom. The summed E-state index contributed by atoms with van der Waals surface area (Å²) in [6.45, 7) is 8.84. The van der Waals surface area contributed by atoms with Gasteiger partial charge in [-0.15, -0.1) is 0 Å². The number of imidazole rings is 1. The minimum absolute atomic E-state index is 0.520. The van der Waals surface area contributed by atoms with Gasteiger partial charge in [0.1, 0.15) is 0 Å². The molecule has 3 unspecified atom stereocenters. The average molecular weight is 304 g/mol. The van der Waals surface area contributed by atoms with E-state index in [2.05, 4.69) is 41.8 Å². The molecule has 0 spiro atoms. The van der Waals surface area contributed by atoms with Crippen LogP contribution in [0.4, 0.5) is 0 Å². The number of hydrogen-bond acceptors (Lipinski definition) is 3. The molecule has 3 atom stereocenters. The molecule has 22 heavy (non-hydrogen) atoms. The molecule has 1 aromatic rings. The van der Waals surface area contributed by atoms with Gasteiger partial charge in [0.05, 0.1) is 24.9 Å². The minimum Gasteiger partial charge on any atom is -0.372 e. The topological polar surface area (TPSA) is 42.2 Å². The zero-order valence-corrected chi connectivity index (χ0v) is 14.5. The van der Waals surface area contributed by atoms with Gasteiger partial charge in [-0.2, -0.15) is 0 Å². The molecule has 2 heterocycles. The highest BCUT2D eigenvalue weighted by molar-refractivity contribution is 5.57. The van der Waals surface area contributed by atoms with Gasteiger partial charge in [0.15, 0.2) is 0 Å². The van der Waals surface area contributed by atoms with E-state index < -0.39 is 0 Å². The molecule has 1 aromatic heterocycles. The minimum atomic E-state index is 0.520. The lowest BCUT2D eigenvalue weighted by Gasteiger charge is -2.26. The third kappa shape index (κ3) is 4.59. The number of nitrogens with one attached hydrogen (secondary N) is 1. The zero-order valence-electron chi connectivity index (χ0n) is 14.5. The lowest BCUT2D eigenvalue weighted by Crippen LogP contribution is -2.34. The first-order chi connectivity index (χ1) is 10.8. The first-order valence-electron chi connectivity index (χ1n) is 9.04. The van der Waals surface area contributed by atoms with E-state index in [4.69, 9.17) is 4.98 Å². The number of rotatable bonds is 10. The first kappa shape index (κ1) is 17.0. The monoisotopic (exact) mass is 304 g/mol. The molecule has 124 valence electrons. The molecule has 0 fully saturated rings. The van der Waals surface area contributed by atoms with E-state index in [1.807, 2.05) is 12.7 Å². The van der Waals surface area contributed by atoms with Gasteiger partial charge < -0.3 is 9.88 Å². The summed E-state index contributed by atoms with van der Waals surface area (Å²) in [6, 6.07) is 0.520. The van der Waals surface area contributed by atoms with Crippen molar-refractivity contribution in [3.05, 3.63) is 18.2 Å². The van der Waals surface area contributed by atoms with Crippen LogP contribution in [0.5, 0.6) is 0 Å². The van der Waals surface area contributed by atoms with Crippen molar-refractivity contribution in [2.45, 2.75) is 77.8 Å². The van der Waals surface area contributed by atoms with Gasteiger partial charge in [-0.3, -0.25) is 4.99 Å². The number of nitrogens with zero attached hydrogens (tertiary/aromatic N) is 3. The van der Waals surface area contributed by atoms with Crippen molar-refractivity contribution in [1.82, 2.24) is 14.9 Å². The van der Waals surface area contributed by atoms with Crippen LogP contribution in [0.25, 0.3) is 0 Å². The lowest BCUT2D eigenvalue weighted by atomic mass is 9.83. The normalized spacial score (nSPS) is 20.0. The maximum atomic E-state index is 4.71. The molecule has 1 N–H and O–H groups in total. The van der Waals surface area contributed by atoms with E-state index in [-0.39, 0.29) is 0 Å². The second-order valence-electron chi connectivity index (χ2n) is 6.55. The molecule has 0 radical (unpaired) electrons. The van der Waals surface area contributed by atoms with Gasteiger partial charge in [0, 0.05) is 24.7 Å². The number of hydrogen-bond donors (Lipinski definition) is 1. The predicted octanol–water partition coefficient (Wildman–Crippen LogP) is 3.98. The second-order valence-corrected chi connectivity index (χ2v) is 6.55. The highest BCUT2D eigenvalue weighted by atomic mass is 15.1. The van der Waals surface area contributed by atoms with E-state index in [1.165, 1.54) is 44.2 Å². The Morgan fingerprint density at radius 2 is 2.18 bits per heavy atom. The SMILES string of the molecule is CCCCn1cnc(C(CCC)CC(CC)C2CN=CN2)c1. The van der Waals surface area contributed by atoms with Crippen LogP contribution in [0, 0.1) is 5.92 Å². The van der Waals surface area contributed by atoms with Crippen LogP contribution >= 0.6 is 0 Å². The fraction of sp³-hybridized carbons (Fsp3) is 0.778. The molecule has 4 nitrogen and oxygen atoms in total. The van der Waals surface area contributed by atoms with E-state index in [0.29, 0.717) is 17.9 Å². The summed E-state index contributed by atoms with van der Waals surface area (Å²) in [5.74, 6) is 1.26. The molecule has 0 aliphatic carbocycles. The summed E-state index contributed by atoms with van der Waals surface area (Å²) in [5.41, 5.74) is 1.29. The quantitative estimate of drug-likeness (QED) is 0.710. The number of unbranched alkanes of at least 4 members (excludes halogenated alkanes) is 1. The summed E-state index contributed by atoms with van der Waals surface area (Å²) in [7, 11) is 0. The number of aromatic nitrogens is 2. The van der Waals surface area contributed by atoms with Crippen molar-refractivity contribution in [2.24, 2.45) is 10.9 Å². The highest BCUT2D eigenvalue weighted by Gasteiger charge is 2.26. The molecule has 2 rings (SSSR count). The third-order valence-corrected chi connectivity index (χ3v) is 4.84. The summed E-state index contributed by atoms with van der Waals surface area (Å²) >= 11 is 0. The Bertz CT molecular complexity index is 444. The molecular formula is C18H32N4. The number of aryl methyl sites for hydroxylation is 1. The van der Waals surface area contributed by atoms with Crippen LogP contribution in [0.15, 0.2) is 17.5 Å². The van der Waals surface area contributed by atoms with Crippen molar-refractivity contribution in [3.8, 4) is 0 Å². The highest BCUT2D eigenvalue weighted by Crippen LogP contribution is 2.31. The summed E-state index contributed by atoms with van der Waals surface area (Å²) in [5, 5.41) is 3.42. The molecule has 1 aliphatic heterocycles. The van der Waals surface area contributed by atoms with Crippen LogP contribution in [0.3, 0.4) is 0 Å². The number of aliphatic imine (C=N–C) groups is 1. The molecule has 0 bridgehead atoms. The van der Waals surface area contributed by atoms with Crippen molar-refractivity contribution in [1.29, 1.82) is 0 Å². The Morgan fingerprint density at radius 1 is 1.32 bits per heavy atom. The predicted molar refractivity (Wildman–Crippen MR) is 93.5 cm³/mol. The average Bonchev–Trinajstić information content (AvgIpc) is 3.20. The van der Waals surface area contributed by atoms with Crippen LogP contribution in [0.2, 0.25) is 0 Å². The third-order valence-electron chi connectivity index (χ3n) is 4.84. The standard InChI is InChI=1S/C18H32N4/c1-4-7-9-22-12-18(21-14-22)16(8-5-2)10-15(6-3)17-11-19-13-20-17/h12-17H,4-11H2,1-3H3,(H,19,20). The maximum Gasteiger partial charge on any atom is 0.0949 e. The molecule has 0 amide bonds. The largest absolute Gasteiger partial charge is 0.372 e. The van der Waals surface area contributed by atoms with Gasteiger partial charge in [0.25, 0.3) is 0 Å². The van der Waals surface area contributed by atoms with Crippen molar-refractivity contribution in [2.75, 3.05) is 6.54 Å². The van der Waals surface area contributed by atoms with E-state index in [0.717, 1.165) is 13.1 Å². The van der Waals surface area contributed by atoms with E-state index in [9.17, 15) is 0 Å². The Kier molecular flexibility index (Phi) is 6.94. The molecule has 0 saturated carbocycles.